The average Bonchev–Trinajstić information content (AvgIpc) is 3.16. The maximum atomic E-state index is 12.8. The third-order valence-electron chi connectivity index (χ3n) is 4.34. The number of likely N-dealkylation sites (tertiary alicyclic amines) is 1. The standard InChI is InChI=1S/C18H19ClN2O3S/c1-20(25(23,24)15-7-3-2-4-8-15)14-9-10-17(19)16(13-14)18(22)21-11-5-6-12-21/h2-4,7-10,13H,5-6,11-12H2,1H3. The summed E-state index contributed by atoms with van der Waals surface area (Å²) in [5.41, 5.74) is 0.729. The molecule has 0 N–H and O–H groups in total. The van der Waals surface area contributed by atoms with Crippen molar-refractivity contribution in [1.82, 2.24) is 4.90 Å². The SMILES string of the molecule is CN(c1ccc(Cl)c(C(=O)N2CCCC2)c1)S(=O)(=O)c1ccccc1. The number of halogens is 1. The molecular weight excluding hydrogens is 360 g/mol. The lowest BCUT2D eigenvalue weighted by atomic mass is 10.1. The molecule has 0 saturated carbocycles. The van der Waals surface area contributed by atoms with E-state index >= 15 is 0 Å². The van der Waals surface area contributed by atoms with Gasteiger partial charge in [0.2, 0.25) is 0 Å². The van der Waals surface area contributed by atoms with Gasteiger partial charge in [0.1, 0.15) is 0 Å². The second-order valence-electron chi connectivity index (χ2n) is 5.95. The van der Waals surface area contributed by atoms with Crippen LogP contribution in [-0.4, -0.2) is 39.4 Å². The molecule has 2 aromatic rings. The summed E-state index contributed by atoms with van der Waals surface area (Å²) in [7, 11) is -2.23. The lowest BCUT2D eigenvalue weighted by molar-refractivity contribution is 0.0793. The van der Waals surface area contributed by atoms with Gasteiger partial charge in [-0.05, 0) is 43.2 Å². The zero-order valence-electron chi connectivity index (χ0n) is 13.9. The van der Waals surface area contributed by atoms with E-state index in [0.29, 0.717) is 29.4 Å². The molecule has 1 amide bonds. The summed E-state index contributed by atoms with van der Waals surface area (Å²) in [6.45, 7) is 1.41. The Bertz CT molecular complexity index is 878. The van der Waals surface area contributed by atoms with Crippen molar-refractivity contribution >= 4 is 33.2 Å². The first-order valence-corrected chi connectivity index (χ1v) is 9.86. The summed E-state index contributed by atoms with van der Waals surface area (Å²) in [5.74, 6) is -0.158. The van der Waals surface area contributed by atoms with Crippen molar-refractivity contribution < 1.29 is 13.2 Å². The highest BCUT2D eigenvalue weighted by Crippen LogP contribution is 2.28. The largest absolute Gasteiger partial charge is 0.339 e. The fourth-order valence-corrected chi connectivity index (χ4v) is 4.26. The van der Waals surface area contributed by atoms with E-state index in [1.165, 1.54) is 23.5 Å². The molecule has 0 unspecified atom stereocenters. The normalized spacial score (nSPS) is 14.6. The van der Waals surface area contributed by atoms with Crippen molar-refractivity contribution in [1.29, 1.82) is 0 Å². The molecule has 132 valence electrons. The molecule has 0 atom stereocenters. The molecule has 25 heavy (non-hydrogen) atoms. The molecule has 1 aliphatic heterocycles. The fraction of sp³-hybridized carbons (Fsp3) is 0.278. The van der Waals surface area contributed by atoms with E-state index in [1.54, 1.807) is 41.3 Å². The number of benzene rings is 2. The Balaban J connectivity index is 1.95. The zero-order valence-corrected chi connectivity index (χ0v) is 15.4. The Hall–Kier alpha value is -2.05. The number of carbonyl (C=O) groups excluding carboxylic acids is 1. The van der Waals surface area contributed by atoms with Crippen LogP contribution in [0.5, 0.6) is 0 Å². The molecule has 1 aliphatic rings. The molecule has 0 aromatic heterocycles. The molecule has 0 aliphatic carbocycles. The van der Waals surface area contributed by atoms with Gasteiger partial charge in [0.05, 0.1) is 21.2 Å². The van der Waals surface area contributed by atoms with Crippen LogP contribution in [0.25, 0.3) is 0 Å². The van der Waals surface area contributed by atoms with E-state index in [9.17, 15) is 13.2 Å². The molecule has 0 spiro atoms. The maximum Gasteiger partial charge on any atom is 0.264 e. The van der Waals surface area contributed by atoms with Crippen LogP contribution in [0, 0.1) is 0 Å². The van der Waals surface area contributed by atoms with E-state index in [1.807, 2.05) is 0 Å². The first kappa shape index (κ1) is 17.8. The lowest BCUT2D eigenvalue weighted by Gasteiger charge is -2.22. The Morgan fingerprint density at radius 3 is 2.36 bits per heavy atom. The number of rotatable bonds is 4. The Morgan fingerprint density at radius 2 is 1.72 bits per heavy atom. The van der Waals surface area contributed by atoms with Gasteiger partial charge >= 0.3 is 0 Å². The first-order chi connectivity index (χ1) is 11.9. The molecule has 5 nitrogen and oxygen atoms in total. The minimum Gasteiger partial charge on any atom is -0.339 e. The van der Waals surface area contributed by atoms with Crippen molar-refractivity contribution in [2.24, 2.45) is 0 Å². The second-order valence-corrected chi connectivity index (χ2v) is 8.33. The van der Waals surface area contributed by atoms with Crippen LogP contribution in [0.4, 0.5) is 5.69 Å². The predicted molar refractivity (Wildman–Crippen MR) is 98.6 cm³/mol. The third-order valence-corrected chi connectivity index (χ3v) is 6.47. The summed E-state index contributed by atoms with van der Waals surface area (Å²) < 4.78 is 26.7. The van der Waals surface area contributed by atoms with E-state index in [2.05, 4.69) is 0 Å². The van der Waals surface area contributed by atoms with Crippen LogP contribution in [0.2, 0.25) is 5.02 Å². The van der Waals surface area contributed by atoms with Gasteiger partial charge in [-0.25, -0.2) is 8.42 Å². The summed E-state index contributed by atoms with van der Waals surface area (Å²) in [6.07, 6.45) is 1.96. The lowest BCUT2D eigenvalue weighted by Crippen LogP contribution is -2.29. The highest BCUT2D eigenvalue weighted by molar-refractivity contribution is 7.92. The van der Waals surface area contributed by atoms with Crippen molar-refractivity contribution in [2.75, 3.05) is 24.4 Å². The van der Waals surface area contributed by atoms with Gasteiger partial charge in [0.25, 0.3) is 15.9 Å². The molecular formula is C18H19ClN2O3S. The van der Waals surface area contributed by atoms with Gasteiger partial charge in [0.15, 0.2) is 0 Å². The van der Waals surface area contributed by atoms with Crippen molar-refractivity contribution in [2.45, 2.75) is 17.7 Å². The van der Waals surface area contributed by atoms with Crippen LogP contribution in [0.15, 0.2) is 53.4 Å². The number of carbonyl (C=O) groups is 1. The van der Waals surface area contributed by atoms with E-state index in [0.717, 1.165) is 12.8 Å². The number of hydrogen-bond donors (Lipinski definition) is 0. The molecule has 1 saturated heterocycles. The quantitative estimate of drug-likeness (QED) is 0.819. The first-order valence-electron chi connectivity index (χ1n) is 8.04. The molecule has 3 rings (SSSR count). The molecule has 1 fully saturated rings. The minimum atomic E-state index is -3.70. The molecule has 0 bridgehead atoms. The molecule has 1 heterocycles. The molecule has 2 aromatic carbocycles. The van der Waals surface area contributed by atoms with E-state index in [4.69, 9.17) is 11.6 Å². The Kier molecular flexibility index (Phi) is 5.01. The minimum absolute atomic E-state index is 0.158. The smallest absolute Gasteiger partial charge is 0.264 e. The van der Waals surface area contributed by atoms with Gasteiger partial charge < -0.3 is 4.90 Å². The fourth-order valence-electron chi connectivity index (χ4n) is 2.85. The summed E-state index contributed by atoms with van der Waals surface area (Å²) in [4.78, 5) is 14.6. The second kappa shape index (κ2) is 7.06. The van der Waals surface area contributed by atoms with Crippen molar-refractivity contribution in [3.8, 4) is 0 Å². The highest BCUT2D eigenvalue weighted by Gasteiger charge is 2.25. The maximum absolute atomic E-state index is 12.8. The monoisotopic (exact) mass is 378 g/mol. The van der Waals surface area contributed by atoms with Gasteiger partial charge in [0, 0.05) is 20.1 Å². The average molecular weight is 379 g/mol. The van der Waals surface area contributed by atoms with Crippen LogP contribution >= 0.6 is 11.6 Å². The molecule has 0 radical (unpaired) electrons. The summed E-state index contributed by atoms with van der Waals surface area (Å²) >= 11 is 6.19. The Labute approximate surface area is 152 Å². The van der Waals surface area contributed by atoms with Crippen molar-refractivity contribution in [3.05, 3.63) is 59.1 Å². The number of amides is 1. The van der Waals surface area contributed by atoms with Crippen molar-refractivity contribution in [3.63, 3.8) is 0 Å². The van der Waals surface area contributed by atoms with Crippen LogP contribution in [0.1, 0.15) is 23.2 Å². The summed E-state index contributed by atoms with van der Waals surface area (Å²) in [5, 5.41) is 0.325. The number of sulfonamides is 1. The van der Waals surface area contributed by atoms with Crippen LogP contribution in [0.3, 0.4) is 0 Å². The van der Waals surface area contributed by atoms with Crippen LogP contribution in [-0.2, 0) is 10.0 Å². The highest BCUT2D eigenvalue weighted by atomic mass is 35.5. The van der Waals surface area contributed by atoms with Gasteiger partial charge in [-0.1, -0.05) is 29.8 Å². The van der Waals surface area contributed by atoms with Crippen LogP contribution < -0.4 is 4.31 Å². The summed E-state index contributed by atoms with van der Waals surface area (Å²) in [6, 6.07) is 12.9. The van der Waals surface area contributed by atoms with E-state index in [-0.39, 0.29) is 10.8 Å². The predicted octanol–water partition coefficient (Wildman–Crippen LogP) is 3.40. The molecule has 7 heteroatoms. The third kappa shape index (κ3) is 3.50. The number of nitrogens with zero attached hydrogens (tertiary/aromatic N) is 2. The van der Waals surface area contributed by atoms with Gasteiger partial charge in [-0.15, -0.1) is 0 Å². The number of hydrogen-bond acceptors (Lipinski definition) is 3. The Morgan fingerprint density at radius 1 is 1.08 bits per heavy atom. The van der Waals surface area contributed by atoms with Gasteiger partial charge in [-0.3, -0.25) is 9.10 Å². The van der Waals surface area contributed by atoms with E-state index < -0.39 is 10.0 Å². The zero-order chi connectivity index (χ0) is 18.0. The van der Waals surface area contributed by atoms with Gasteiger partial charge in [-0.2, -0.15) is 0 Å². The topological polar surface area (TPSA) is 57.7 Å². The number of anilines is 1.